The molecule has 98 valence electrons. The molecule has 18 heavy (non-hydrogen) atoms. The summed E-state index contributed by atoms with van der Waals surface area (Å²) in [6.45, 7) is 3.22. The second kappa shape index (κ2) is 5.35. The molecule has 2 fully saturated rings. The van der Waals surface area contributed by atoms with Gasteiger partial charge >= 0.3 is 0 Å². The molecule has 3 nitrogen and oxygen atoms in total. The minimum atomic E-state index is 0.611. The van der Waals surface area contributed by atoms with Gasteiger partial charge in [-0.15, -0.1) is 0 Å². The van der Waals surface area contributed by atoms with Gasteiger partial charge in [-0.1, -0.05) is 13.3 Å². The van der Waals surface area contributed by atoms with E-state index in [1.807, 2.05) is 12.4 Å². The standard InChI is InChI=1S/C15H23N3/c1-2-11-3-4-13(7-11)15-17-9-12(10-18-15)8-16-14-5-6-14/h9-11,13-14,16H,2-8H2,1H3. The highest BCUT2D eigenvalue weighted by Gasteiger charge is 2.26. The highest BCUT2D eigenvalue weighted by Crippen LogP contribution is 2.38. The van der Waals surface area contributed by atoms with E-state index in [2.05, 4.69) is 22.2 Å². The Hall–Kier alpha value is -0.960. The Bertz CT molecular complexity index is 383. The summed E-state index contributed by atoms with van der Waals surface area (Å²) in [5.41, 5.74) is 1.22. The van der Waals surface area contributed by atoms with Crippen molar-refractivity contribution in [3.63, 3.8) is 0 Å². The van der Waals surface area contributed by atoms with E-state index >= 15 is 0 Å². The fourth-order valence-corrected chi connectivity index (χ4v) is 2.90. The van der Waals surface area contributed by atoms with Crippen LogP contribution in [-0.2, 0) is 6.54 Å². The van der Waals surface area contributed by atoms with E-state index in [1.54, 1.807) is 0 Å². The summed E-state index contributed by atoms with van der Waals surface area (Å²) >= 11 is 0. The molecular formula is C15H23N3. The molecule has 2 atom stereocenters. The van der Waals surface area contributed by atoms with Crippen molar-refractivity contribution >= 4 is 0 Å². The smallest absolute Gasteiger partial charge is 0.131 e. The van der Waals surface area contributed by atoms with Crippen molar-refractivity contribution in [3.05, 3.63) is 23.8 Å². The van der Waals surface area contributed by atoms with Gasteiger partial charge in [0.25, 0.3) is 0 Å². The molecule has 0 spiro atoms. The molecule has 1 aromatic rings. The Labute approximate surface area is 109 Å². The Morgan fingerprint density at radius 3 is 2.56 bits per heavy atom. The minimum absolute atomic E-state index is 0.611. The van der Waals surface area contributed by atoms with E-state index in [9.17, 15) is 0 Å². The molecule has 2 aliphatic rings. The van der Waals surface area contributed by atoms with Gasteiger partial charge in [-0.3, -0.25) is 0 Å². The van der Waals surface area contributed by atoms with Crippen molar-refractivity contribution in [1.82, 2.24) is 15.3 Å². The fourth-order valence-electron chi connectivity index (χ4n) is 2.90. The van der Waals surface area contributed by atoms with Crippen molar-refractivity contribution in [2.75, 3.05) is 0 Å². The van der Waals surface area contributed by atoms with Crippen LogP contribution in [0.25, 0.3) is 0 Å². The van der Waals surface area contributed by atoms with Crippen molar-refractivity contribution < 1.29 is 0 Å². The maximum Gasteiger partial charge on any atom is 0.131 e. The van der Waals surface area contributed by atoms with Gasteiger partial charge in [0.15, 0.2) is 0 Å². The molecule has 0 radical (unpaired) electrons. The molecule has 0 saturated heterocycles. The number of rotatable bonds is 5. The van der Waals surface area contributed by atoms with Crippen LogP contribution in [0.4, 0.5) is 0 Å². The summed E-state index contributed by atoms with van der Waals surface area (Å²) in [6, 6.07) is 0.754. The van der Waals surface area contributed by atoms with E-state index in [4.69, 9.17) is 0 Å². The second-order valence-electron chi connectivity index (χ2n) is 5.89. The average Bonchev–Trinajstić information content (AvgIpc) is 3.12. The highest BCUT2D eigenvalue weighted by atomic mass is 15.0. The van der Waals surface area contributed by atoms with Crippen LogP contribution in [0.15, 0.2) is 12.4 Å². The normalized spacial score (nSPS) is 27.6. The first-order valence-electron chi connectivity index (χ1n) is 7.39. The lowest BCUT2D eigenvalue weighted by Gasteiger charge is -2.09. The summed E-state index contributed by atoms with van der Waals surface area (Å²) in [7, 11) is 0. The Morgan fingerprint density at radius 2 is 1.94 bits per heavy atom. The summed E-state index contributed by atoms with van der Waals surface area (Å²) in [4.78, 5) is 9.15. The average molecular weight is 245 g/mol. The maximum absolute atomic E-state index is 4.58. The number of hydrogen-bond acceptors (Lipinski definition) is 3. The molecule has 2 unspecified atom stereocenters. The molecule has 3 heteroatoms. The van der Waals surface area contributed by atoms with E-state index in [1.165, 1.54) is 44.1 Å². The molecule has 0 aromatic carbocycles. The molecule has 0 amide bonds. The van der Waals surface area contributed by atoms with Gasteiger partial charge in [0, 0.05) is 36.5 Å². The van der Waals surface area contributed by atoms with Crippen LogP contribution >= 0.6 is 0 Å². The third-order valence-electron chi connectivity index (χ3n) is 4.38. The van der Waals surface area contributed by atoms with Crippen LogP contribution in [0.5, 0.6) is 0 Å². The lowest BCUT2D eigenvalue weighted by atomic mass is 10.0. The van der Waals surface area contributed by atoms with Crippen molar-refractivity contribution in [1.29, 1.82) is 0 Å². The number of hydrogen-bond donors (Lipinski definition) is 1. The lowest BCUT2D eigenvalue weighted by molar-refractivity contribution is 0.516. The zero-order chi connectivity index (χ0) is 12.4. The van der Waals surface area contributed by atoms with E-state index in [0.29, 0.717) is 5.92 Å². The minimum Gasteiger partial charge on any atom is -0.310 e. The van der Waals surface area contributed by atoms with Crippen molar-refractivity contribution in [2.45, 2.75) is 64.0 Å². The van der Waals surface area contributed by atoms with Gasteiger partial charge in [-0.2, -0.15) is 0 Å². The quantitative estimate of drug-likeness (QED) is 0.866. The van der Waals surface area contributed by atoms with E-state index in [0.717, 1.165) is 24.3 Å². The zero-order valence-electron chi connectivity index (χ0n) is 11.2. The summed E-state index contributed by atoms with van der Waals surface area (Å²) in [5, 5.41) is 3.50. The van der Waals surface area contributed by atoms with Gasteiger partial charge in [-0.25, -0.2) is 9.97 Å². The molecule has 0 bridgehead atoms. The van der Waals surface area contributed by atoms with Gasteiger partial charge in [0.05, 0.1) is 0 Å². The monoisotopic (exact) mass is 245 g/mol. The SMILES string of the molecule is CCC1CCC(c2ncc(CNC3CC3)cn2)C1. The molecule has 2 saturated carbocycles. The molecule has 1 N–H and O–H groups in total. The highest BCUT2D eigenvalue weighted by molar-refractivity contribution is 5.09. The van der Waals surface area contributed by atoms with Crippen LogP contribution in [-0.4, -0.2) is 16.0 Å². The molecule has 2 aliphatic carbocycles. The van der Waals surface area contributed by atoms with E-state index < -0.39 is 0 Å². The molecule has 1 aromatic heterocycles. The first kappa shape index (κ1) is 12.1. The number of nitrogens with one attached hydrogen (secondary N) is 1. The van der Waals surface area contributed by atoms with Crippen molar-refractivity contribution in [2.24, 2.45) is 5.92 Å². The fraction of sp³-hybridized carbons (Fsp3) is 0.733. The lowest BCUT2D eigenvalue weighted by Crippen LogP contribution is -2.16. The van der Waals surface area contributed by atoms with Crippen LogP contribution < -0.4 is 5.32 Å². The zero-order valence-corrected chi connectivity index (χ0v) is 11.2. The predicted octanol–water partition coefficient (Wildman–Crippen LogP) is 3.02. The Kier molecular flexibility index (Phi) is 3.59. The third kappa shape index (κ3) is 2.89. The van der Waals surface area contributed by atoms with Crippen LogP contribution in [0.1, 0.15) is 62.8 Å². The molecular weight excluding hydrogens is 222 g/mol. The van der Waals surface area contributed by atoms with Crippen LogP contribution in [0, 0.1) is 5.92 Å². The molecule has 1 heterocycles. The van der Waals surface area contributed by atoms with Gasteiger partial charge in [0.1, 0.15) is 5.82 Å². The Balaban J connectivity index is 1.56. The summed E-state index contributed by atoms with van der Waals surface area (Å²) in [6.07, 6.45) is 11.9. The first-order valence-corrected chi connectivity index (χ1v) is 7.39. The van der Waals surface area contributed by atoms with Crippen LogP contribution in [0.3, 0.4) is 0 Å². The topological polar surface area (TPSA) is 37.8 Å². The largest absolute Gasteiger partial charge is 0.310 e. The van der Waals surface area contributed by atoms with Crippen molar-refractivity contribution in [3.8, 4) is 0 Å². The van der Waals surface area contributed by atoms with Gasteiger partial charge < -0.3 is 5.32 Å². The molecule has 3 rings (SSSR count). The van der Waals surface area contributed by atoms with Gasteiger partial charge in [-0.05, 0) is 38.0 Å². The first-order chi connectivity index (χ1) is 8.85. The molecule has 0 aliphatic heterocycles. The third-order valence-corrected chi connectivity index (χ3v) is 4.38. The number of nitrogens with zero attached hydrogens (tertiary/aromatic N) is 2. The number of aromatic nitrogens is 2. The van der Waals surface area contributed by atoms with E-state index in [-0.39, 0.29) is 0 Å². The summed E-state index contributed by atoms with van der Waals surface area (Å²) in [5.74, 6) is 2.58. The Morgan fingerprint density at radius 1 is 1.17 bits per heavy atom. The van der Waals surface area contributed by atoms with Crippen LogP contribution in [0.2, 0.25) is 0 Å². The predicted molar refractivity (Wildman–Crippen MR) is 72.3 cm³/mol. The van der Waals surface area contributed by atoms with Gasteiger partial charge in [0.2, 0.25) is 0 Å². The maximum atomic E-state index is 4.58. The second-order valence-corrected chi connectivity index (χ2v) is 5.89. The summed E-state index contributed by atoms with van der Waals surface area (Å²) < 4.78 is 0.